The molecule has 1 fully saturated rings. The van der Waals surface area contributed by atoms with Crippen molar-refractivity contribution in [2.24, 2.45) is 5.92 Å². The lowest BCUT2D eigenvalue weighted by atomic mass is 9.96. The fourth-order valence-corrected chi connectivity index (χ4v) is 2.92. The number of carbonyl (C=O) groups excluding carboxylic acids is 1. The topological polar surface area (TPSA) is 75.4 Å². The average Bonchev–Trinajstić information content (AvgIpc) is 2.73. The molecule has 0 saturated carbocycles. The molecule has 0 spiro atoms. The molecule has 0 unspecified atom stereocenters. The number of carboxylic acids is 1. The highest BCUT2D eigenvalue weighted by Crippen LogP contribution is 2.22. The molecule has 2 heterocycles. The van der Waals surface area contributed by atoms with Crippen LogP contribution in [0.1, 0.15) is 47.9 Å². The maximum absolute atomic E-state index is 12.7. The van der Waals surface area contributed by atoms with Gasteiger partial charge in [-0.05, 0) is 33.1 Å². The van der Waals surface area contributed by atoms with E-state index in [0.717, 1.165) is 24.4 Å². The number of nitrogens with zero attached hydrogens (tertiary/aromatic N) is 3. The van der Waals surface area contributed by atoms with Crippen LogP contribution in [0.3, 0.4) is 0 Å². The first-order valence-electron chi connectivity index (χ1n) is 7.51. The van der Waals surface area contributed by atoms with E-state index in [1.165, 1.54) is 0 Å². The summed E-state index contributed by atoms with van der Waals surface area (Å²) in [4.78, 5) is 25.4. The third-order valence-electron chi connectivity index (χ3n) is 4.16. The summed E-state index contributed by atoms with van der Waals surface area (Å²) in [7, 11) is 0. The summed E-state index contributed by atoms with van der Waals surface area (Å²) >= 11 is 0. The first-order chi connectivity index (χ1) is 9.95. The first kappa shape index (κ1) is 15.5. The normalized spacial score (nSPS) is 16.2. The zero-order valence-corrected chi connectivity index (χ0v) is 12.9. The molecule has 116 valence electrons. The molecule has 0 atom stereocenters. The van der Waals surface area contributed by atoms with Crippen molar-refractivity contribution in [1.29, 1.82) is 0 Å². The van der Waals surface area contributed by atoms with Crippen molar-refractivity contribution in [3.05, 3.63) is 17.0 Å². The Morgan fingerprint density at radius 2 is 1.90 bits per heavy atom. The molecule has 0 bridgehead atoms. The zero-order chi connectivity index (χ0) is 15.6. The number of aliphatic carboxylic acids is 1. The van der Waals surface area contributed by atoms with Gasteiger partial charge in [0.15, 0.2) is 0 Å². The van der Waals surface area contributed by atoms with Crippen LogP contribution in [-0.2, 0) is 11.3 Å². The van der Waals surface area contributed by atoms with Gasteiger partial charge in [0.05, 0.1) is 17.2 Å². The van der Waals surface area contributed by atoms with Gasteiger partial charge in [0, 0.05) is 25.3 Å². The minimum absolute atomic E-state index is 0.0174. The van der Waals surface area contributed by atoms with Gasteiger partial charge in [-0.15, -0.1) is 0 Å². The van der Waals surface area contributed by atoms with Crippen LogP contribution in [0.2, 0.25) is 0 Å². The molecular formula is C15H23N3O3. The molecule has 0 aromatic carbocycles. The van der Waals surface area contributed by atoms with Crippen molar-refractivity contribution in [2.45, 2.75) is 46.6 Å². The maximum Gasteiger partial charge on any atom is 0.306 e. The van der Waals surface area contributed by atoms with E-state index in [2.05, 4.69) is 12.0 Å². The number of hydrogen-bond acceptors (Lipinski definition) is 3. The third-order valence-corrected chi connectivity index (χ3v) is 4.16. The molecule has 0 aliphatic carbocycles. The molecule has 1 N–H and O–H groups in total. The standard InChI is InChI=1S/C15H23N3O3/c1-4-7-18-11(3)13(10(2)16-18)14(19)17-8-5-12(6-9-17)15(20)21/h12H,4-9H2,1-3H3,(H,20,21). The first-order valence-corrected chi connectivity index (χ1v) is 7.51. The van der Waals surface area contributed by atoms with E-state index in [9.17, 15) is 9.59 Å². The van der Waals surface area contributed by atoms with E-state index >= 15 is 0 Å². The highest BCUT2D eigenvalue weighted by molar-refractivity contribution is 5.96. The van der Waals surface area contributed by atoms with Crippen LogP contribution in [0.25, 0.3) is 0 Å². The summed E-state index contributed by atoms with van der Waals surface area (Å²) in [6, 6.07) is 0. The Bertz CT molecular complexity index is 543. The minimum Gasteiger partial charge on any atom is -0.481 e. The Kier molecular flexibility index (Phi) is 4.65. The zero-order valence-electron chi connectivity index (χ0n) is 12.9. The number of aryl methyl sites for hydroxylation is 2. The Morgan fingerprint density at radius 3 is 2.43 bits per heavy atom. The second-order valence-corrected chi connectivity index (χ2v) is 5.67. The predicted molar refractivity (Wildman–Crippen MR) is 78.3 cm³/mol. The van der Waals surface area contributed by atoms with Gasteiger partial charge < -0.3 is 10.0 Å². The van der Waals surface area contributed by atoms with Gasteiger partial charge in [0.25, 0.3) is 5.91 Å². The van der Waals surface area contributed by atoms with Crippen LogP contribution in [0.15, 0.2) is 0 Å². The smallest absolute Gasteiger partial charge is 0.306 e. The monoisotopic (exact) mass is 293 g/mol. The SMILES string of the molecule is CCCn1nc(C)c(C(=O)N2CCC(C(=O)O)CC2)c1C. The Hall–Kier alpha value is -1.85. The number of rotatable bonds is 4. The van der Waals surface area contributed by atoms with Crippen molar-refractivity contribution < 1.29 is 14.7 Å². The van der Waals surface area contributed by atoms with E-state index in [-0.39, 0.29) is 11.8 Å². The molecule has 2 rings (SSSR count). The Labute approximate surface area is 124 Å². The second-order valence-electron chi connectivity index (χ2n) is 5.67. The van der Waals surface area contributed by atoms with Gasteiger partial charge >= 0.3 is 5.97 Å². The van der Waals surface area contributed by atoms with Crippen LogP contribution in [0, 0.1) is 19.8 Å². The van der Waals surface area contributed by atoms with Gasteiger partial charge in [-0.2, -0.15) is 5.10 Å². The number of amides is 1. The van der Waals surface area contributed by atoms with Crippen LogP contribution in [-0.4, -0.2) is 44.8 Å². The lowest BCUT2D eigenvalue weighted by Crippen LogP contribution is -2.40. The van der Waals surface area contributed by atoms with Crippen LogP contribution < -0.4 is 0 Å². The molecule has 1 saturated heterocycles. The fraction of sp³-hybridized carbons (Fsp3) is 0.667. The Balaban J connectivity index is 2.13. The van der Waals surface area contributed by atoms with E-state index in [1.807, 2.05) is 18.5 Å². The van der Waals surface area contributed by atoms with Gasteiger partial charge in [-0.1, -0.05) is 6.92 Å². The summed E-state index contributed by atoms with van der Waals surface area (Å²) in [5.41, 5.74) is 2.34. The fourth-order valence-electron chi connectivity index (χ4n) is 2.92. The highest BCUT2D eigenvalue weighted by Gasteiger charge is 2.30. The largest absolute Gasteiger partial charge is 0.481 e. The molecule has 6 nitrogen and oxygen atoms in total. The molecule has 1 amide bonds. The molecule has 1 aromatic heterocycles. The molecule has 1 aliphatic rings. The minimum atomic E-state index is -0.759. The summed E-state index contributed by atoms with van der Waals surface area (Å²) in [5, 5.41) is 13.4. The van der Waals surface area contributed by atoms with Gasteiger partial charge in [-0.3, -0.25) is 14.3 Å². The predicted octanol–water partition coefficient (Wildman–Crippen LogP) is 1.85. The number of carbonyl (C=O) groups is 2. The quantitative estimate of drug-likeness (QED) is 0.919. The van der Waals surface area contributed by atoms with Crippen molar-refractivity contribution in [2.75, 3.05) is 13.1 Å². The summed E-state index contributed by atoms with van der Waals surface area (Å²) in [6.07, 6.45) is 2.03. The number of aromatic nitrogens is 2. The second kappa shape index (κ2) is 6.28. The van der Waals surface area contributed by atoms with E-state index in [4.69, 9.17) is 5.11 Å². The summed E-state index contributed by atoms with van der Waals surface area (Å²) in [6.45, 7) is 7.68. The lowest BCUT2D eigenvalue weighted by Gasteiger charge is -2.30. The maximum atomic E-state index is 12.7. The van der Waals surface area contributed by atoms with Gasteiger partial charge in [-0.25, -0.2) is 0 Å². The van der Waals surface area contributed by atoms with Crippen molar-refractivity contribution in [1.82, 2.24) is 14.7 Å². The van der Waals surface area contributed by atoms with Gasteiger partial charge in [0.1, 0.15) is 0 Å². The molecule has 6 heteroatoms. The van der Waals surface area contributed by atoms with Crippen LogP contribution >= 0.6 is 0 Å². The highest BCUT2D eigenvalue weighted by atomic mass is 16.4. The number of likely N-dealkylation sites (tertiary alicyclic amines) is 1. The van der Waals surface area contributed by atoms with Crippen molar-refractivity contribution in [3.63, 3.8) is 0 Å². The molecule has 0 radical (unpaired) electrons. The van der Waals surface area contributed by atoms with Gasteiger partial charge in [0.2, 0.25) is 0 Å². The molecule has 1 aromatic rings. The number of piperidine rings is 1. The van der Waals surface area contributed by atoms with Crippen LogP contribution in [0.4, 0.5) is 0 Å². The average molecular weight is 293 g/mol. The van der Waals surface area contributed by atoms with E-state index in [0.29, 0.717) is 31.5 Å². The van der Waals surface area contributed by atoms with E-state index < -0.39 is 5.97 Å². The van der Waals surface area contributed by atoms with Crippen molar-refractivity contribution in [3.8, 4) is 0 Å². The van der Waals surface area contributed by atoms with E-state index in [1.54, 1.807) is 4.90 Å². The molecule has 21 heavy (non-hydrogen) atoms. The molecule has 1 aliphatic heterocycles. The van der Waals surface area contributed by atoms with Crippen LogP contribution in [0.5, 0.6) is 0 Å². The number of carboxylic acid groups (broad SMARTS) is 1. The number of hydrogen-bond donors (Lipinski definition) is 1. The summed E-state index contributed by atoms with van der Waals surface area (Å²) in [5.74, 6) is -1.10. The van der Waals surface area contributed by atoms with Crippen molar-refractivity contribution >= 4 is 11.9 Å². The summed E-state index contributed by atoms with van der Waals surface area (Å²) < 4.78 is 1.88. The third kappa shape index (κ3) is 3.09. The lowest BCUT2D eigenvalue weighted by molar-refractivity contribution is -0.143. The molecular weight excluding hydrogens is 270 g/mol. The Morgan fingerprint density at radius 1 is 1.29 bits per heavy atom.